The van der Waals surface area contributed by atoms with Gasteiger partial charge in [0.25, 0.3) is 0 Å². The van der Waals surface area contributed by atoms with Gasteiger partial charge >= 0.3 is 11.9 Å². The summed E-state index contributed by atoms with van der Waals surface area (Å²) in [7, 11) is 0. The Hall–Kier alpha value is -1.50. The average molecular weight is 212 g/mol. The van der Waals surface area contributed by atoms with Crippen molar-refractivity contribution in [3.8, 4) is 12.3 Å². The molecule has 0 heterocycles. The van der Waals surface area contributed by atoms with Crippen molar-refractivity contribution in [2.45, 2.75) is 33.6 Å². The Morgan fingerprint density at radius 2 is 1.73 bits per heavy atom. The van der Waals surface area contributed by atoms with E-state index in [1.165, 1.54) is 0 Å². The van der Waals surface area contributed by atoms with Crippen LogP contribution in [0.2, 0.25) is 0 Å². The first-order chi connectivity index (χ1) is 6.67. The van der Waals surface area contributed by atoms with Crippen LogP contribution in [-0.4, -0.2) is 22.2 Å². The molecule has 0 aliphatic carbocycles. The first-order valence-electron chi connectivity index (χ1n) is 4.56. The number of aliphatic carboxylic acids is 2. The standard InChI is InChI=1S/C11H16O4/c1-5-6-11(9(14)15,7-8(12)13)10(2,3)4/h1H,6-7H2,2-4H3,(H,12,13)(H,14,15). The molecular weight excluding hydrogens is 196 g/mol. The van der Waals surface area contributed by atoms with Gasteiger partial charge in [-0.3, -0.25) is 9.59 Å². The summed E-state index contributed by atoms with van der Waals surface area (Å²) in [6.45, 7) is 5.05. The summed E-state index contributed by atoms with van der Waals surface area (Å²) >= 11 is 0. The SMILES string of the molecule is C#CCC(CC(=O)O)(C(=O)O)C(C)(C)C. The van der Waals surface area contributed by atoms with E-state index >= 15 is 0 Å². The van der Waals surface area contributed by atoms with Crippen LogP contribution in [0.5, 0.6) is 0 Å². The summed E-state index contributed by atoms with van der Waals surface area (Å²) in [6.07, 6.45) is 4.57. The number of carbonyl (C=O) groups is 2. The molecule has 0 saturated heterocycles. The van der Waals surface area contributed by atoms with Crippen molar-refractivity contribution in [2.75, 3.05) is 0 Å². The van der Waals surface area contributed by atoms with E-state index in [1.807, 2.05) is 0 Å². The van der Waals surface area contributed by atoms with Crippen LogP contribution in [0.4, 0.5) is 0 Å². The van der Waals surface area contributed by atoms with Crippen molar-refractivity contribution in [3.63, 3.8) is 0 Å². The van der Waals surface area contributed by atoms with Crippen molar-refractivity contribution in [3.05, 3.63) is 0 Å². The lowest BCUT2D eigenvalue weighted by molar-refractivity contribution is -0.163. The van der Waals surface area contributed by atoms with Gasteiger partial charge in [-0.1, -0.05) is 20.8 Å². The quantitative estimate of drug-likeness (QED) is 0.694. The van der Waals surface area contributed by atoms with Crippen LogP contribution >= 0.6 is 0 Å². The largest absolute Gasteiger partial charge is 0.481 e. The molecule has 0 aromatic heterocycles. The summed E-state index contributed by atoms with van der Waals surface area (Å²) < 4.78 is 0. The van der Waals surface area contributed by atoms with Crippen LogP contribution in [-0.2, 0) is 9.59 Å². The van der Waals surface area contributed by atoms with Crippen LogP contribution in [0, 0.1) is 23.2 Å². The van der Waals surface area contributed by atoms with E-state index in [0.717, 1.165) is 0 Å². The lowest BCUT2D eigenvalue weighted by Gasteiger charge is -2.38. The van der Waals surface area contributed by atoms with Gasteiger partial charge in [0.1, 0.15) is 0 Å². The van der Waals surface area contributed by atoms with Crippen molar-refractivity contribution in [1.29, 1.82) is 0 Å². The third kappa shape index (κ3) is 2.72. The second-order valence-corrected chi connectivity index (χ2v) is 4.59. The van der Waals surface area contributed by atoms with Gasteiger partial charge in [0, 0.05) is 6.42 Å². The summed E-state index contributed by atoms with van der Waals surface area (Å²) in [4.78, 5) is 21.9. The molecular formula is C11H16O4. The Balaban J connectivity index is 5.39. The fourth-order valence-electron chi connectivity index (χ4n) is 1.50. The van der Waals surface area contributed by atoms with E-state index in [1.54, 1.807) is 20.8 Å². The predicted molar refractivity (Wildman–Crippen MR) is 55.2 cm³/mol. The Morgan fingerprint density at radius 3 is 1.93 bits per heavy atom. The van der Waals surface area contributed by atoms with Gasteiger partial charge in [0.2, 0.25) is 0 Å². The van der Waals surface area contributed by atoms with E-state index in [4.69, 9.17) is 11.5 Å². The molecule has 2 N–H and O–H groups in total. The maximum Gasteiger partial charge on any atom is 0.311 e. The minimum atomic E-state index is -1.41. The molecule has 0 rings (SSSR count). The molecule has 0 fully saturated rings. The maximum absolute atomic E-state index is 11.2. The zero-order valence-corrected chi connectivity index (χ0v) is 9.20. The fourth-order valence-corrected chi connectivity index (χ4v) is 1.50. The molecule has 0 aromatic rings. The highest BCUT2D eigenvalue weighted by Crippen LogP contribution is 2.44. The summed E-state index contributed by atoms with van der Waals surface area (Å²) in [5.74, 6) is -0.0498. The number of hydrogen-bond donors (Lipinski definition) is 2. The van der Waals surface area contributed by atoms with E-state index in [9.17, 15) is 14.7 Å². The molecule has 0 aliphatic heterocycles. The molecule has 1 unspecified atom stereocenters. The van der Waals surface area contributed by atoms with Gasteiger partial charge in [-0.2, -0.15) is 0 Å². The molecule has 1 atom stereocenters. The topological polar surface area (TPSA) is 74.6 Å². The van der Waals surface area contributed by atoms with Crippen LogP contribution in [0.3, 0.4) is 0 Å². The number of hydrogen-bond acceptors (Lipinski definition) is 2. The van der Waals surface area contributed by atoms with Gasteiger partial charge in [-0.15, -0.1) is 12.3 Å². The van der Waals surface area contributed by atoms with Crippen molar-refractivity contribution in [2.24, 2.45) is 10.8 Å². The first-order valence-corrected chi connectivity index (χ1v) is 4.56. The van der Waals surface area contributed by atoms with Gasteiger partial charge in [-0.25, -0.2) is 0 Å². The van der Waals surface area contributed by atoms with Crippen LogP contribution in [0.15, 0.2) is 0 Å². The number of carboxylic acid groups (broad SMARTS) is 2. The Kier molecular flexibility index (Phi) is 3.91. The lowest BCUT2D eigenvalue weighted by atomic mass is 9.63. The Morgan fingerprint density at radius 1 is 1.27 bits per heavy atom. The first kappa shape index (κ1) is 13.5. The average Bonchev–Trinajstić information content (AvgIpc) is 1.99. The molecule has 4 nitrogen and oxygen atoms in total. The minimum absolute atomic E-state index is 0.0852. The molecule has 84 valence electrons. The monoisotopic (exact) mass is 212 g/mol. The van der Waals surface area contributed by atoms with Crippen LogP contribution in [0.25, 0.3) is 0 Å². The second-order valence-electron chi connectivity index (χ2n) is 4.59. The molecule has 0 amide bonds. The highest BCUT2D eigenvalue weighted by Gasteiger charge is 2.49. The second kappa shape index (κ2) is 4.35. The van der Waals surface area contributed by atoms with E-state index in [2.05, 4.69) is 5.92 Å². The number of terminal acetylenes is 1. The summed E-state index contributed by atoms with van der Waals surface area (Å²) in [5.41, 5.74) is -2.11. The number of rotatable bonds is 4. The summed E-state index contributed by atoms with van der Waals surface area (Å²) in [5, 5.41) is 17.9. The van der Waals surface area contributed by atoms with Crippen LogP contribution in [0.1, 0.15) is 33.6 Å². The smallest absolute Gasteiger partial charge is 0.311 e. The lowest BCUT2D eigenvalue weighted by Crippen LogP contribution is -2.44. The molecule has 4 heteroatoms. The third-order valence-electron chi connectivity index (χ3n) is 2.70. The van der Waals surface area contributed by atoms with E-state index < -0.39 is 29.2 Å². The molecule has 0 spiro atoms. The molecule has 0 aromatic carbocycles. The number of carboxylic acids is 2. The zero-order valence-electron chi connectivity index (χ0n) is 9.20. The van der Waals surface area contributed by atoms with Gasteiger partial charge in [0.05, 0.1) is 11.8 Å². The van der Waals surface area contributed by atoms with Gasteiger partial charge in [-0.05, 0) is 5.41 Å². The van der Waals surface area contributed by atoms with E-state index in [-0.39, 0.29) is 6.42 Å². The Labute approximate surface area is 89.3 Å². The highest BCUT2D eigenvalue weighted by molar-refractivity contribution is 5.82. The van der Waals surface area contributed by atoms with Crippen molar-refractivity contribution >= 4 is 11.9 Å². The minimum Gasteiger partial charge on any atom is -0.481 e. The van der Waals surface area contributed by atoms with Crippen LogP contribution < -0.4 is 0 Å². The maximum atomic E-state index is 11.2. The predicted octanol–water partition coefficient (Wildman–Crippen LogP) is 1.60. The molecule has 0 saturated carbocycles. The van der Waals surface area contributed by atoms with Crippen molar-refractivity contribution in [1.82, 2.24) is 0 Å². The molecule has 0 radical (unpaired) electrons. The van der Waals surface area contributed by atoms with Gasteiger partial charge < -0.3 is 10.2 Å². The molecule has 0 aliphatic rings. The molecule has 0 bridgehead atoms. The van der Waals surface area contributed by atoms with Crippen molar-refractivity contribution < 1.29 is 19.8 Å². The summed E-state index contributed by atoms with van der Waals surface area (Å²) in [6, 6.07) is 0. The fraction of sp³-hybridized carbons (Fsp3) is 0.636. The highest BCUT2D eigenvalue weighted by atomic mass is 16.4. The Bertz CT molecular complexity index is 306. The van der Waals surface area contributed by atoms with E-state index in [0.29, 0.717) is 0 Å². The normalized spacial score (nSPS) is 15.1. The third-order valence-corrected chi connectivity index (χ3v) is 2.70. The van der Waals surface area contributed by atoms with Gasteiger partial charge in [0.15, 0.2) is 0 Å². The zero-order chi connectivity index (χ0) is 12.3. The molecule has 15 heavy (non-hydrogen) atoms.